The number of H-pyrrole nitrogens is 1. The van der Waals surface area contributed by atoms with Crippen molar-refractivity contribution in [3.05, 3.63) is 95.8 Å². The summed E-state index contributed by atoms with van der Waals surface area (Å²) in [4.78, 5) is 36.7. The van der Waals surface area contributed by atoms with Crippen LogP contribution in [0.15, 0.2) is 84.7 Å². The number of carbonyl (C=O) groups excluding carboxylic acids is 1. The van der Waals surface area contributed by atoms with Crippen molar-refractivity contribution in [3.63, 3.8) is 0 Å². The van der Waals surface area contributed by atoms with Gasteiger partial charge >= 0.3 is 0 Å². The molecule has 0 bridgehead atoms. The van der Waals surface area contributed by atoms with Crippen LogP contribution in [0.4, 0.5) is 0 Å². The maximum absolute atomic E-state index is 12.8. The minimum absolute atomic E-state index is 0.0524. The fraction of sp³-hybridized carbons (Fsp3) is 0.323. The van der Waals surface area contributed by atoms with E-state index in [1.807, 2.05) is 105 Å². The molecule has 0 spiro atoms. The Morgan fingerprint density at radius 3 is 2.13 bits per heavy atom. The average molecular weight is 531 g/mol. The summed E-state index contributed by atoms with van der Waals surface area (Å²) in [6.45, 7) is 14.6. The molecule has 1 saturated heterocycles. The van der Waals surface area contributed by atoms with Gasteiger partial charge in [-0.1, -0.05) is 64.6 Å². The zero-order valence-electron chi connectivity index (χ0n) is 24.1. The number of hydrogen-bond donors (Lipinski definition) is 2. The van der Waals surface area contributed by atoms with E-state index in [2.05, 4.69) is 33.8 Å². The van der Waals surface area contributed by atoms with E-state index in [1.54, 1.807) is 6.20 Å². The van der Waals surface area contributed by atoms with Crippen molar-refractivity contribution in [3.8, 4) is 16.8 Å². The molecule has 0 atom stereocenters. The highest BCUT2D eigenvalue weighted by atomic mass is 16.2. The second kappa shape index (κ2) is 15.9. The van der Waals surface area contributed by atoms with E-state index in [9.17, 15) is 9.59 Å². The lowest BCUT2D eigenvalue weighted by Crippen LogP contribution is -2.47. The highest BCUT2D eigenvalue weighted by Gasteiger charge is 2.21. The average Bonchev–Trinajstić information content (AvgIpc) is 3.41. The van der Waals surface area contributed by atoms with Crippen LogP contribution < -0.4 is 10.9 Å². The lowest BCUT2D eigenvalue weighted by Gasteiger charge is -2.32. The van der Waals surface area contributed by atoms with E-state index >= 15 is 0 Å². The Labute approximate surface area is 232 Å². The van der Waals surface area contributed by atoms with Crippen LogP contribution in [-0.4, -0.2) is 70.5 Å². The van der Waals surface area contributed by atoms with E-state index in [1.165, 1.54) is 6.33 Å². The number of amides is 1. The van der Waals surface area contributed by atoms with Crippen molar-refractivity contribution in [1.29, 1.82) is 0 Å². The molecule has 3 heterocycles. The Morgan fingerprint density at radius 2 is 1.56 bits per heavy atom. The number of likely N-dealkylation sites (N-methyl/N-ethyl adjacent to an activating group) is 1. The third-order valence-corrected chi connectivity index (χ3v) is 6.06. The van der Waals surface area contributed by atoms with Crippen LogP contribution >= 0.6 is 0 Å². The van der Waals surface area contributed by atoms with Gasteiger partial charge in [-0.3, -0.25) is 9.59 Å². The quantitative estimate of drug-likeness (QED) is 0.380. The molecule has 0 unspecified atom stereocenters. The van der Waals surface area contributed by atoms with Gasteiger partial charge in [-0.15, -0.1) is 0 Å². The summed E-state index contributed by atoms with van der Waals surface area (Å²) in [5.41, 5.74) is 3.69. The number of nitrogens with one attached hydrogen (secondary N) is 2. The molecular formula is C31H42N6O2. The first-order valence-corrected chi connectivity index (χ1v) is 13.5. The number of nitrogens with zero attached hydrogens (tertiary/aromatic N) is 4. The van der Waals surface area contributed by atoms with Crippen molar-refractivity contribution < 1.29 is 4.79 Å². The molecule has 2 aromatic carbocycles. The van der Waals surface area contributed by atoms with E-state index < -0.39 is 0 Å². The molecule has 2 aromatic heterocycles. The van der Waals surface area contributed by atoms with Gasteiger partial charge < -0.3 is 24.7 Å². The Kier molecular flexibility index (Phi) is 12.7. The van der Waals surface area contributed by atoms with Gasteiger partial charge in [0.1, 0.15) is 0 Å². The Morgan fingerprint density at radius 1 is 0.974 bits per heavy atom. The standard InChI is InChI=1S/C24H23N5O2.C3H7N.2C2H6/c1-27-11-13-28(14-12-27)24(31)18-7-9-19(10-8-18)29-15-20(17-5-3-2-4-6-17)21-22(29)25-16-26-23(21)30;1-3-4-2;2*1-2/h2-10,15-16H,11-14H2,1H3,(H,25,26,30);3-4H,1H2,2H3;2*1-2H3. The van der Waals surface area contributed by atoms with Gasteiger partial charge in [0.2, 0.25) is 0 Å². The number of fused-ring (bicyclic) bond motifs is 1. The van der Waals surface area contributed by atoms with Gasteiger partial charge in [-0.05, 0) is 43.1 Å². The molecule has 39 heavy (non-hydrogen) atoms. The molecule has 0 aliphatic carbocycles. The molecule has 1 fully saturated rings. The first kappa shape index (κ1) is 31.1. The van der Waals surface area contributed by atoms with Crippen molar-refractivity contribution in [1.82, 2.24) is 29.7 Å². The monoisotopic (exact) mass is 530 g/mol. The third-order valence-electron chi connectivity index (χ3n) is 6.06. The third kappa shape index (κ3) is 7.67. The predicted octanol–water partition coefficient (Wildman–Crippen LogP) is 5.17. The van der Waals surface area contributed by atoms with Crippen molar-refractivity contribution >= 4 is 16.9 Å². The number of aromatic amines is 1. The van der Waals surface area contributed by atoms with Gasteiger partial charge in [0.25, 0.3) is 11.5 Å². The van der Waals surface area contributed by atoms with Crippen LogP contribution in [0.3, 0.4) is 0 Å². The van der Waals surface area contributed by atoms with Gasteiger partial charge in [-0.25, -0.2) is 4.98 Å². The maximum atomic E-state index is 12.8. The summed E-state index contributed by atoms with van der Waals surface area (Å²) in [5, 5.41) is 3.24. The molecule has 2 N–H and O–H groups in total. The smallest absolute Gasteiger partial charge is 0.260 e. The predicted molar refractivity (Wildman–Crippen MR) is 162 cm³/mol. The fourth-order valence-corrected chi connectivity index (χ4v) is 4.06. The van der Waals surface area contributed by atoms with Crippen LogP contribution in [0.2, 0.25) is 0 Å². The lowest BCUT2D eigenvalue weighted by atomic mass is 10.1. The van der Waals surface area contributed by atoms with Crippen molar-refractivity contribution in [2.45, 2.75) is 27.7 Å². The number of aromatic nitrogens is 3. The van der Waals surface area contributed by atoms with Crippen LogP contribution in [0.25, 0.3) is 27.8 Å². The fourth-order valence-electron chi connectivity index (χ4n) is 4.06. The number of hydrogen-bond acceptors (Lipinski definition) is 5. The number of carbonyl (C=O) groups is 1. The van der Waals surface area contributed by atoms with Crippen LogP contribution in [-0.2, 0) is 0 Å². The molecule has 1 aliphatic heterocycles. The molecule has 8 heteroatoms. The van der Waals surface area contributed by atoms with Gasteiger partial charge in [0, 0.05) is 56.2 Å². The molecule has 0 radical (unpaired) electrons. The zero-order valence-corrected chi connectivity index (χ0v) is 24.1. The first-order valence-electron chi connectivity index (χ1n) is 13.5. The SMILES string of the molecule is C=CNC.CC.CC.CN1CCN(C(=O)c2ccc(-n3cc(-c4ccccc4)c4c(=O)[nH]cnc43)cc2)CC1. The van der Waals surface area contributed by atoms with E-state index in [0.29, 0.717) is 16.6 Å². The minimum Gasteiger partial charge on any atom is -0.394 e. The Bertz CT molecular complexity index is 1350. The molecule has 8 nitrogen and oxygen atoms in total. The van der Waals surface area contributed by atoms with Gasteiger partial charge in [0.05, 0.1) is 11.7 Å². The van der Waals surface area contributed by atoms with Crippen LogP contribution in [0, 0.1) is 0 Å². The van der Waals surface area contributed by atoms with Gasteiger partial charge in [-0.2, -0.15) is 0 Å². The van der Waals surface area contributed by atoms with E-state index in [4.69, 9.17) is 0 Å². The lowest BCUT2D eigenvalue weighted by molar-refractivity contribution is 0.0664. The molecule has 0 saturated carbocycles. The summed E-state index contributed by atoms with van der Waals surface area (Å²) >= 11 is 0. The second-order valence-corrected chi connectivity index (χ2v) is 8.34. The summed E-state index contributed by atoms with van der Waals surface area (Å²) in [6, 6.07) is 17.3. The first-order chi connectivity index (χ1) is 19.0. The van der Waals surface area contributed by atoms with Crippen LogP contribution in [0.5, 0.6) is 0 Å². The highest BCUT2D eigenvalue weighted by Crippen LogP contribution is 2.29. The molecule has 1 amide bonds. The molecule has 1 aliphatic rings. The summed E-state index contributed by atoms with van der Waals surface area (Å²) in [7, 11) is 3.88. The summed E-state index contributed by atoms with van der Waals surface area (Å²) in [5.74, 6) is 0.0524. The normalized spacial score (nSPS) is 12.6. The molecular weight excluding hydrogens is 488 g/mol. The number of benzene rings is 2. The molecule has 5 rings (SSSR count). The van der Waals surface area contributed by atoms with Crippen molar-refractivity contribution in [2.24, 2.45) is 0 Å². The van der Waals surface area contributed by atoms with Crippen molar-refractivity contribution in [2.75, 3.05) is 40.3 Å². The number of rotatable bonds is 4. The highest BCUT2D eigenvalue weighted by molar-refractivity contribution is 5.96. The zero-order chi connectivity index (χ0) is 28.8. The minimum atomic E-state index is -0.176. The van der Waals surface area contributed by atoms with E-state index in [-0.39, 0.29) is 11.5 Å². The number of piperazine rings is 1. The second-order valence-electron chi connectivity index (χ2n) is 8.34. The van der Waals surface area contributed by atoms with E-state index in [0.717, 1.165) is 43.0 Å². The summed E-state index contributed by atoms with van der Waals surface area (Å²) in [6.07, 6.45) is 4.97. The molecule has 208 valence electrons. The Balaban J connectivity index is 0.000000602. The maximum Gasteiger partial charge on any atom is 0.260 e. The Hall–Kier alpha value is -4.17. The largest absolute Gasteiger partial charge is 0.394 e. The van der Waals surface area contributed by atoms with Crippen LogP contribution in [0.1, 0.15) is 38.1 Å². The summed E-state index contributed by atoms with van der Waals surface area (Å²) < 4.78 is 1.90. The molecule has 4 aromatic rings. The van der Waals surface area contributed by atoms with Gasteiger partial charge in [0.15, 0.2) is 5.65 Å². The topological polar surface area (TPSA) is 86.3 Å².